The van der Waals surface area contributed by atoms with Crippen molar-refractivity contribution in [3.8, 4) is 5.75 Å². The fourth-order valence-corrected chi connectivity index (χ4v) is 4.65. The van der Waals surface area contributed by atoms with Gasteiger partial charge < -0.3 is 19.1 Å². The van der Waals surface area contributed by atoms with Crippen LogP contribution in [0.25, 0.3) is 0 Å². The van der Waals surface area contributed by atoms with Crippen molar-refractivity contribution in [2.75, 3.05) is 19.3 Å². The molecule has 1 aromatic carbocycles. The van der Waals surface area contributed by atoms with Crippen LogP contribution in [0.4, 0.5) is 4.79 Å². The number of rotatable bonds is 7. The molecule has 31 heavy (non-hydrogen) atoms. The first-order chi connectivity index (χ1) is 14.7. The lowest BCUT2D eigenvalue weighted by molar-refractivity contribution is -0.0658. The Labute approximate surface area is 186 Å². The minimum Gasteiger partial charge on any atom is -0.490 e. The molecule has 1 aliphatic heterocycles. The number of piperidine rings is 1. The van der Waals surface area contributed by atoms with Crippen molar-refractivity contribution < 1.29 is 27.4 Å². The second kappa shape index (κ2) is 10.7. The zero-order valence-corrected chi connectivity index (χ0v) is 19.6. The lowest BCUT2D eigenvalue weighted by atomic mass is 9.94. The van der Waals surface area contributed by atoms with Gasteiger partial charge in [0.25, 0.3) is 0 Å². The number of benzene rings is 1. The summed E-state index contributed by atoms with van der Waals surface area (Å²) in [6, 6.07) is 6.62. The minimum atomic E-state index is -3.19. The van der Waals surface area contributed by atoms with E-state index in [-0.39, 0.29) is 30.5 Å². The van der Waals surface area contributed by atoms with E-state index in [0.717, 1.165) is 44.9 Å². The summed E-state index contributed by atoms with van der Waals surface area (Å²) in [7, 11) is -3.19. The third-order valence-electron chi connectivity index (χ3n) is 6.14. The summed E-state index contributed by atoms with van der Waals surface area (Å²) in [5.41, 5.74) is 0. The van der Waals surface area contributed by atoms with Crippen LogP contribution in [-0.2, 0) is 19.3 Å². The molecule has 1 saturated carbocycles. The van der Waals surface area contributed by atoms with Crippen LogP contribution in [0.15, 0.2) is 29.2 Å². The Kier molecular flexibility index (Phi) is 8.22. The van der Waals surface area contributed by atoms with Crippen LogP contribution in [0, 0.1) is 0 Å². The number of amides is 1. The van der Waals surface area contributed by atoms with Gasteiger partial charge in [-0.05, 0) is 76.1 Å². The summed E-state index contributed by atoms with van der Waals surface area (Å²) >= 11 is 0. The number of carbonyl (C=O) groups is 1. The lowest BCUT2D eigenvalue weighted by Crippen LogP contribution is -2.43. The third kappa shape index (κ3) is 7.10. The van der Waals surface area contributed by atoms with Crippen molar-refractivity contribution in [3.63, 3.8) is 0 Å². The zero-order valence-electron chi connectivity index (χ0n) is 18.8. The van der Waals surface area contributed by atoms with Gasteiger partial charge in [-0.15, -0.1) is 0 Å². The van der Waals surface area contributed by atoms with Crippen molar-refractivity contribution >= 4 is 15.9 Å². The molecule has 1 amide bonds. The van der Waals surface area contributed by atoms with Gasteiger partial charge in [0.1, 0.15) is 11.9 Å². The molecule has 3 rings (SSSR count). The molecule has 174 valence electrons. The Balaban J connectivity index is 1.37. The highest BCUT2D eigenvalue weighted by molar-refractivity contribution is 7.90. The molecule has 0 radical (unpaired) electrons. The van der Waals surface area contributed by atoms with E-state index in [4.69, 9.17) is 14.2 Å². The van der Waals surface area contributed by atoms with Crippen molar-refractivity contribution in [2.45, 2.75) is 88.1 Å². The fourth-order valence-electron chi connectivity index (χ4n) is 4.02. The van der Waals surface area contributed by atoms with Gasteiger partial charge in [0.2, 0.25) is 0 Å². The Hall–Kier alpha value is -1.80. The minimum absolute atomic E-state index is 0.0449. The number of carbonyl (C=O) groups excluding carboxylic acids is 1. The van der Waals surface area contributed by atoms with Gasteiger partial charge >= 0.3 is 6.09 Å². The summed E-state index contributed by atoms with van der Waals surface area (Å²) in [5.74, 6) is 0.702. The molecule has 0 N–H and O–H groups in total. The molecule has 8 heteroatoms. The highest BCUT2D eigenvalue weighted by atomic mass is 32.2. The molecule has 0 aromatic heterocycles. The third-order valence-corrected chi connectivity index (χ3v) is 7.27. The summed E-state index contributed by atoms with van der Waals surface area (Å²) in [6.07, 6.45) is 7.73. The maximum atomic E-state index is 12.1. The van der Waals surface area contributed by atoms with E-state index in [0.29, 0.717) is 23.7 Å². The number of likely N-dealkylation sites (tertiary alicyclic amines) is 1. The highest BCUT2D eigenvalue weighted by Gasteiger charge is 2.29. The number of sulfone groups is 1. The van der Waals surface area contributed by atoms with Crippen LogP contribution in [0.2, 0.25) is 0 Å². The predicted octanol–water partition coefficient (Wildman–Crippen LogP) is 4.20. The molecule has 1 aromatic rings. The van der Waals surface area contributed by atoms with Crippen molar-refractivity contribution in [3.05, 3.63) is 24.3 Å². The first kappa shape index (κ1) is 23.9. The Morgan fingerprint density at radius 2 is 1.55 bits per heavy atom. The largest absolute Gasteiger partial charge is 0.490 e. The maximum Gasteiger partial charge on any atom is 0.410 e. The summed E-state index contributed by atoms with van der Waals surface area (Å²) in [5, 5.41) is 0. The fraction of sp³-hybridized carbons (Fsp3) is 0.696. The molecule has 1 saturated heterocycles. The van der Waals surface area contributed by atoms with Gasteiger partial charge in [0, 0.05) is 19.3 Å². The molecule has 1 unspecified atom stereocenters. The normalized spacial score (nSPS) is 23.9. The monoisotopic (exact) mass is 453 g/mol. The first-order valence-electron chi connectivity index (χ1n) is 11.3. The molecular weight excluding hydrogens is 418 g/mol. The number of nitrogens with zero attached hydrogens (tertiary/aromatic N) is 1. The molecule has 1 aliphatic carbocycles. The first-order valence-corrected chi connectivity index (χ1v) is 13.2. The highest BCUT2D eigenvalue weighted by Crippen LogP contribution is 2.28. The van der Waals surface area contributed by atoms with Crippen LogP contribution < -0.4 is 4.74 Å². The molecule has 1 atom stereocenters. The molecule has 7 nitrogen and oxygen atoms in total. The Morgan fingerprint density at radius 1 is 1.00 bits per heavy atom. The quantitative estimate of drug-likeness (QED) is 0.615. The van der Waals surface area contributed by atoms with E-state index >= 15 is 0 Å². The molecular formula is C23H35NO6S. The summed E-state index contributed by atoms with van der Waals surface area (Å²) < 4.78 is 40.9. The SMILES string of the molecule is CCC(C)OC(=O)N1CCC(OC2CCC(Oc3ccc(S(C)(=O)=O)cc3)CC2)CC1. The van der Waals surface area contributed by atoms with Crippen LogP contribution >= 0.6 is 0 Å². The van der Waals surface area contributed by atoms with Gasteiger partial charge in [0.15, 0.2) is 9.84 Å². The van der Waals surface area contributed by atoms with Gasteiger partial charge in [-0.2, -0.15) is 0 Å². The average Bonchev–Trinajstić information content (AvgIpc) is 2.75. The zero-order chi connectivity index (χ0) is 22.4. The van der Waals surface area contributed by atoms with Gasteiger partial charge in [-0.1, -0.05) is 6.92 Å². The van der Waals surface area contributed by atoms with Crippen LogP contribution in [0.5, 0.6) is 5.75 Å². The molecule has 2 fully saturated rings. The van der Waals surface area contributed by atoms with Gasteiger partial charge in [-0.3, -0.25) is 0 Å². The van der Waals surface area contributed by atoms with Crippen molar-refractivity contribution in [1.82, 2.24) is 4.90 Å². The van der Waals surface area contributed by atoms with Gasteiger partial charge in [-0.25, -0.2) is 13.2 Å². The topological polar surface area (TPSA) is 82.1 Å². The van der Waals surface area contributed by atoms with Crippen LogP contribution in [0.1, 0.15) is 58.8 Å². The van der Waals surface area contributed by atoms with E-state index in [1.54, 1.807) is 29.2 Å². The maximum absolute atomic E-state index is 12.1. The van der Waals surface area contributed by atoms with E-state index in [1.807, 2.05) is 13.8 Å². The van der Waals surface area contributed by atoms with E-state index in [9.17, 15) is 13.2 Å². The van der Waals surface area contributed by atoms with Gasteiger partial charge in [0.05, 0.1) is 23.2 Å². The molecule has 1 heterocycles. The number of ether oxygens (including phenoxy) is 3. The number of hydrogen-bond acceptors (Lipinski definition) is 6. The average molecular weight is 454 g/mol. The van der Waals surface area contributed by atoms with Crippen molar-refractivity contribution in [1.29, 1.82) is 0 Å². The van der Waals surface area contributed by atoms with Crippen LogP contribution in [0.3, 0.4) is 0 Å². The molecule has 2 aliphatic rings. The number of hydrogen-bond donors (Lipinski definition) is 0. The molecule has 0 spiro atoms. The second-order valence-corrected chi connectivity index (χ2v) is 10.7. The summed E-state index contributed by atoms with van der Waals surface area (Å²) in [6.45, 7) is 5.29. The van der Waals surface area contributed by atoms with E-state index in [2.05, 4.69) is 0 Å². The molecule has 0 bridgehead atoms. The summed E-state index contributed by atoms with van der Waals surface area (Å²) in [4.78, 5) is 14.2. The van der Waals surface area contributed by atoms with E-state index in [1.165, 1.54) is 6.26 Å². The van der Waals surface area contributed by atoms with Crippen LogP contribution in [-0.4, -0.2) is 63.2 Å². The predicted molar refractivity (Wildman–Crippen MR) is 118 cm³/mol. The standard InChI is InChI=1S/C23H35NO6S/c1-4-17(2)28-23(25)24-15-13-21(14-16-24)30-19-7-5-18(6-8-19)29-20-9-11-22(12-10-20)31(3,26)27/h9-12,17-19,21H,4-8,13-16H2,1-3H3. The Bertz CT molecular complexity index is 809. The lowest BCUT2D eigenvalue weighted by Gasteiger charge is -2.36. The Morgan fingerprint density at radius 3 is 2.10 bits per heavy atom. The smallest absolute Gasteiger partial charge is 0.410 e. The van der Waals surface area contributed by atoms with E-state index < -0.39 is 9.84 Å². The second-order valence-electron chi connectivity index (χ2n) is 8.69. The van der Waals surface area contributed by atoms with Crippen molar-refractivity contribution in [2.24, 2.45) is 0 Å².